The highest BCUT2D eigenvalue weighted by Crippen LogP contribution is 2.23. The molecule has 0 heterocycles. The van der Waals surface area contributed by atoms with E-state index in [1.165, 1.54) is 6.07 Å². The maximum atomic E-state index is 12.3. The number of hydrogen-bond donors (Lipinski definition) is 1. The van der Waals surface area contributed by atoms with Crippen molar-refractivity contribution in [3.8, 4) is 5.75 Å². The zero-order valence-electron chi connectivity index (χ0n) is 11.0. The summed E-state index contributed by atoms with van der Waals surface area (Å²) in [6.07, 6.45) is 0. The van der Waals surface area contributed by atoms with Crippen LogP contribution in [0.2, 0.25) is 5.02 Å². The first-order valence-electron chi connectivity index (χ1n) is 6.23. The molecule has 2 aromatic carbocycles. The lowest BCUT2D eigenvalue weighted by Gasteiger charge is -2.11. The molecule has 0 saturated carbocycles. The molecule has 0 aliphatic heterocycles. The van der Waals surface area contributed by atoms with E-state index in [0.29, 0.717) is 23.7 Å². The van der Waals surface area contributed by atoms with Gasteiger partial charge in [0.1, 0.15) is 5.75 Å². The second kappa shape index (κ2) is 7.73. The summed E-state index contributed by atoms with van der Waals surface area (Å²) < 4.78 is 29.9. The Morgan fingerprint density at radius 1 is 1.14 bits per heavy atom. The minimum atomic E-state index is -2.82. The first kappa shape index (κ1) is 16.2. The highest BCUT2D eigenvalue weighted by atomic mass is 79.9. The van der Waals surface area contributed by atoms with Crippen molar-refractivity contribution in [1.29, 1.82) is 0 Å². The molecule has 2 nitrogen and oxygen atoms in total. The van der Waals surface area contributed by atoms with Crippen molar-refractivity contribution in [3.63, 3.8) is 0 Å². The number of benzene rings is 2. The van der Waals surface area contributed by atoms with Gasteiger partial charge in [-0.15, -0.1) is 0 Å². The van der Waals surface area contributed by atoms with Gasteiger partial charge in [0.05, 0.1) is 5.02 Å². The summed E-state index contributed by atoms with van der Waals surface area (Å²) in [6.45, 7) is -1.82. The molecule has 21 heavy (non-hydrogen) atoms. The van der Waals surface area contributed by atoms with Gasteiger partial charge in [0, 0.05) is 23.1 Å². The lowest BCUT2D eigenvalue weighted by molar-refractivity contribution is -0.0505. The number of rotatable bonds is 6. The molecule has 0 spiro atoms. The molecule has 0 amide bonds. The average molecular weight is 377 g/mol. The third kappa shape index (κ3) is 4.95. The van der Waals surface area contributed by atoms with Crippen molar-refractivity contribution < 1.29 is 13.5 Å². The van der Waals surface area contributed by atoms with Gasteiger partial charge in [-0.3, -0.25) is 0 Å². The summed E-state index contributed by atoms with van der Waals surface area (Å²) in [5, 5.41) is 3.81. The Kier molecular flexibility index (Phi) is 5.96. The molecule has 0 bridgehead atoms. The van der Waals surface area contributed by atoms with Crippen LogP contribution in [0.3, 0.4) is 0 Å². The van der Waals surface area contributed by atoms with Crippen molar-refractivity contribution >= 4 is 27.5 Å². The van der Waals surface area contributed by atoms with Crippen LogP contribution >= 0.6 is 27.5 Å². The zero-order chi connectivity index (χ0) is 15.2. The van der Waals surface area contributed by atoms with Gasteiger partial charge >= 0.3 is 6.61 Å². The predicted octanol–water partition coefficient (Wildman–Crippen LogP) is 4.99. The predicted molar refractivity (Wildman–Crippen MR) is 82.8 cm³/mol. The van der Waals surface area contributed by atoms with E-state index in [-0.39, 0.29) is 5.75 Å². The Bertz CT molecular complexity index is 610. The second-order valence-corrected chi connectivity index (χ2v) is 5.60. The second-order valence-electron chi connectivity index (χ2n) is 4.34. The molecule has 2 aromatic rings. The van der Waals surface area contributed by atoms with Crippen LogP contribution in [-0.2, 0) is 13.1 Å². The van der Waals surface area contributed by atoms with Crippen molar-refractivity contribution in [2.45, 2.75) is 19.7 Å². The SMILES string of the molecule is FC(F)Oc1ccccc1CNCc1ccc(Br)c(Cl)c1. The smallest absolute Gasteiger partial charge is 0.387 e. The quantitative estimate of drug-likeness (QED) is 0.766. The van der Waals surface area contributed by atoms with E-state index in [1.807, 2.05) is 18.2 Å². The highest BCUT2D eigenvalue weighted by Gasteiger charge is 2.08. The highest BCUT2D eigenvalue weighted by molar-refractivity contribution is 9.10. The Morgan fingerprint density at radius 3 is 2.62 bits per heavy atom. The molecule has 0 aliphatic rings. The van der Waals surface area contributed by atoms with E-state index in [0.717, 1.165) is 10.0 Å². The molecule has 0 unspecified atom stereocenters. The molecule has 0 atom stereocenters. The average Bonchev–Trinajstić information content (AvgIpc) is 2.44. The first-order valence-corrected chi connectivity index (χ1v) is 7.40. The number of ether oxygens (including phenoxy) is 1. The molecular weight excluding hydrogens is 364 g/mol. The number of halogens is 4. The Labute approximate surface area is 135 Å². The first-order chi connectivity index (χ1) is 10.1. The maximum Gasteiger partial charge on any atom is 0.387 e. The van der Waals surface area contributed by atoms with E-state index >= 15 is 0 Å². The number of alkyl halides is 2. The van der Waals surface area contributed by atoms with Gasteiger partial charge in [0.15, 0.2) is 0 Å². The molecule has 0 fully saturated rings. The van der Waals surface area contributed by atoms with Gasteiger partial charge in [-0.1, -0.05) is 35.9 Å². The molecule has 6 heteroatoms. The molecule has 0 radical (unpaired) electrons. The molecule has 0 saturated heterocycles. The monoisotopic (exact) mass is 375 g/mol. The third-order valence-electron chi connectivity index (χ3n) is 2.82. The van der Waals surface area contributed by atoms with Crippen molar-refractivity contribution in [2.24, 2.45) is 0 Å². The summed E-state index contributed by atoms with van der Waals surface area (Å²) in [7, 11) is 0. The van der Waals surface area contributed by atoms with E-state index in [1.54, 1.807) is 18.2 Å². The van der Waals surface area contributed by atoms with Crippen LogP contribution in [0, 0.1) is 0 Å². The number of nitrogens with one attached hydrogen (secondary N) is 1. The fourth-order valence-corrected chi connectivity index (χ4v) is 2.30. The lowest BCUT2D eigenvalue weighted by Crippen LogP contribution is -2.14. The van der Waals surface area contributed by atoms with Gasteiger partial charge in [-0.25, -0.2) is 0 Å². The van der Waals surface area contributed by atoms with Crippen molar-refractivity contribution in [2.75, 3.05) is 0 Å². The van der Waals surface area contributed by atoms with E-state index in [9.17, 15) is 8.78 Å². The topological polar surface area (TPSA) is 21.3 Å². The normalized spacial score (nSPS) is 10.9. The van der Waals surface area contributed by atoms with Crippen LogP contribution in [0.5, 0.6) is 5.75 Å². The molecule has 0 aromatic heterocycles. The molecule has 112 valence electrons. The van der Waals surface area contributed by atoms with Crippen LogP contribution in [0.4, 0.5) is 8.78 Å². The van der Waals surface area contributed by atoms with E-state index in [2.05, 4.69) is 26.0 Å². The standard InChI is InChI=1S/C15H13BrClF2NO/c16-12-6-5-10(7-13(12)17)8-20-9-11-3-1-2-4-14(11)21-15(18)19/h1-7,15,20H,8-9H2. The van der Waals surface area contributed by atoms with Crippen LogP contribution in [0.1, 0.15) is 11.1 Å². The van der Waals surface area contributed by atoms with E-state index < -0.39 is 6.61 Å². The lowest BCUT2D eigenvalue weighted by atomic mass is 10.2. The Balaban J connectivity index is 1.95. The molecular formula is C15H13BrClF2NO. The van der Waals surface area contributed by atoms with Crippen LogP contribution < -0.4 is 10.1 Å². The van der Waals surface area contributed by atoms with Gasteiger partial charge in [-0.05, 0) is 39.7 Å². The summed E-state index contributed by atoms with van der Waals surface area (Å²) >= 11 is 9.34. The number of para-hydroxylation sites is 1. The summed E-state index contributed by atoms with van der Waals surface area (Å²) in [4.78, 5) is 0. The summed E-state index contributed by atoms with van der Waals surface area (Å²) in [5.41, 5.74) is 1.69. The minimum absolute atomic E-state index is 0.189. The minimum Gasteiger partial charge on any atom is -0.434 e. The van der Waals surface area contributed by atoms with Crippen molar-refractivity contribution in [3.05, 3.63) is 63.1 Å². The Hall–Kier alpha value is -1.17. The Morgan fingerprint density at radius 2 is 1.90 bits per heavy atom. The van der Waals surface area contributed by atoms with Gasteiger partial charge in [0.2, 0.25) is 0 Å². The maximum absolute atomic E-state index is 12.3. The van der Waals surface area contributed by atoms with Crippen LogP contribution in [0.25, 0.3) is 0 Å². The number of hydrogen-bond acceptors (Lipinski definition) is 2. The van der Waals surface area contributed by atoms with Gasteiger partial charge in [0.25, 0.3) is 0 Å². The van der Waals surface area contributed by atoms with Crippen LogP contribution in [0.15, 0.2) is 46.9 Å². The largest absolute Gasteiger partial charge is 0.434 e. The third-order valence-corrected chi connectivity index (χ3v) is 4.05. The summed E-state index contributed by atoms with van der Waals surface area (Å²) in [6, 6.07) is 12.4. The fourth-order valence-electron chi connectivity index (χ4n) is 1.85. The molecule has 0 aliphatic carbocycles. The summed E-state index contributed by atoms with van der Waals surface area (Å²) in [5.74, 6) is 0.189. The molecule has 1 N–H and O–H groups in total. The van der Waals surface area contributed by atoms with Crippen molar-refractivity contribution in [1.82, 2.24) is 5.32 Å². The van der Waals surface area contributed by atoms with E-state index in [4.69, 9.17) is 11.6 Å². The molecule has 2 rings (SSSR count). The van der Waals surface area contributed by atoms with Gasteiger partial charge in [-0.2, -0.15) is 8.78 Å². The van der Waals surface area contributed by atoms with Crippen LogP contribution in [-0.4, -0.2) is 6.61 Å². The zero-order valence-corrected chi connectivity index (χ0v) is 13.3. The fraction of sp³-hybridized carbons (Fsp3) is 0.200. The van der Waals surface area contributed by atoms with Gasteiger partial charge < -0.3 is 10.1 Å².